The van der Waals surface area contributed by atoms with Crippen LogP contribution in [0.25, 0.3) is 0 Å². The van der Waals surface area contributed by atoms with Crippen LogP contribution in [0.3, 0.4) is 0 Å². The van der Waals surface area contributed by atoms with Crippen LogP contribution in [0.5, 0.6) is 0 Å². The van der Waals surface area contributed by atoms with E-state index in [1.54, 1.807) is 18.7 Å². The maximum Gasteiger partial charge on any atom is 0.0704 e. The van der Waals surface area contributed by atoms with Crippen LogP contribution in [0.1, 0.15) is 18.5 Å². The smallest absolute Gasteiger partial charge is 0.0704 e. The first-order valence-corrected chi connectivity index (χ1v) is 5.45. The zero-order chi connectivity index (χ0) is 9.84. The molecular formula is C10H15NOS. The molecule has 0 spiro atoms. The molecule has 3 N–H and O–H groups in total. The third-order valence-electron chi connectivity index (χ3n) is 2.00. The van der Waals surface area contributed by atoms with Crippen molar-refractivity contribution in [2.45, 2.75) is 24.0 Å². The molecule has 3 heteroatoms. The molecule has 72 valence electrons. The van der Waals surface area contributed by atoms with Crippen molar-refractivity contribution in [3.05, 3.63) is 29.8 Å². The molecule has 0 aliphatic heterocycles. The van der Waals surface area contributed by atoms with E-state index in [4.69, 9.17) is 5.73 Å². The topological polar surface area (TPSA) is 46.2 Å². The first-order valence-electron chi connectivity index (χ1n) is 4.22. The first-order chi connectivity index (χ1) is 6.15. The number of benzene rings is 1. The minimum atomic E-state index is -0.503. The highest BCUT2D eigenvalue weighted by molar-refractivity contribution is 7.98. The molecule has 1 rings (SSSR count). The van der Waals surface area contributed by atoms with Gasteiger partial charge in [-0.25, -0.2) is 0 Å². The van der Waals surface area contributed by atoms with Gasteiger partial charge in [0.2, 0.25) is 0 Å². The van der Waals surface area contributed by atoms with Gasteiger partial charge in [0.1, 0.15) is 0 Å². The second-order valence-corrected chi connectivity index (χ2v) is 3.92. The molecule has 0 unspecified atom stereocenters. The Kier molecular flexibility index (Phi) is 3.78. The van der Waals surface area contributed by atoms with Gasteiger partial charge in [-0.15, -0.1) is 11.8 Å². The summed E-state index contributed by atoms with van der Waals surface area (Å²) in [6.45, 7) is 1.70. The lowest BCUT2D eigenvalue weighted by molar-refractivity contribution is 0.164. The lowest BCUT2D eigenvalue weighted by Gasteiger charge is -2.15. The van der Waals surface area contributed by atoms with E-state index in [-0.39, 0.29) is 6.04 Å². The summed E-state index contributed by atoms with van der Waals surface area (Å²) in [5.41, 5.74) is 6.79. The Hall–Kier alpha value is -0.510. The molecule has 1 aromatic carbocycles. The maximum absolute atomic E-state index is 9.31. The van der Waals surface area contributed by atoms with Crippen LogP contribution in [0.4, 0.5) is 0 Å². The zero-order valence-electron chi connectivity index (χ0n) is 7.90. The van der Waals surface area contributed by atoms with Gasteiger partial charge in [-0.05, 0) is 30.9 Å². The van der Waals surface area contributed by atoms with Crippen LogP contribution < -0.4 is 5.73 Å². The summed E-state index contributed by atoms with van der Waals surface area (Å²) in [6.07, 6.45) is 1.52. The second kappa shape index (κ2) is 4.65. The summed E-state index contributed by atoms with van der Waals surface area (Å²) in [5.74, 6) is 0. The molecule has 1 aromatic rings. The van der Waals surface area contributed by atoms with E-state index in [0.29, 0.717) is 0 Å². The maximum atomic E-state index is 9.31. The van der Waals surface area contributed by atoms with Crippen molar-refractivity contribution in [2.75, 3.05) is 6.26 Å². The van der Waals surface area contributed by atoms with Crippen LogP contribution in [-0.2, 0) is 0 Å². The van der Waals surface area contributed by atoms with E-state index >= 15 is 0 Å². The predicted octanol–water partition coefficient (Wildman–Crippen LogP) is 1.79. The molecule has 2 atom stereocenters. The Morgan fingerprint density at radius 1 is 1.46 bits per heavy atom. The van der Waals surface area contributed by atoms with Gasteiger partial charge in [0.05, 0.1) is 12.1 Å². The number of aliphatic hydroxyl groups is 1. The van der Waals surface area contributed by atoms with Crippen molar-refractivity contribution >= 4 is 11.8 Å². The van der Waals surface area contributed by atoms with Gasteiger partial charge >= 0.3 is 0 Å². The van der Waals surface area contributed by atoms with Crippen molar-refractivity contribution < 1.29 is 5.11 Å². The number of rotatable bonds is 3. The minimum absolute atomic E-state index is 0.285. The van der Waals surface area contributed by atoms with E-state index in [1.165, 1.54) is 4.90 Å². The van der Waals surface area contributed by atoms with Gasteiger partial charge in [0.25, 0.3) is 0 Å². The molecule has 0 radical (unpaired) electrons. The van der Waals surface area contributed by atoms with Crippen molar-refractivity contribution in [3.8, 4) is 0 Å². The van der Waals surface area contributed by atoms with Crippen molar-refractivity contribution in [3.63, 3.8) is 0 Å². The van der Waals surface area contributed by atoms with Crippen molar-refractivity contribution in [1.29, 1.82) is 0 Å². The lowest BCUT2D eigenvalue weighted by Crippen LogP contribution is -2.23. The summed E-state index contributed by atoms with van der Waals surface area (Å²) in [7, 11) is 0. The molecule has 0 heterocycles. The second-order valence-electron chi connectivity index (χ2n) is 3.04. The number of hydrogen-bond acceptors (Lipinski definition) is 3. The molecule has 0 aromatic heterocycles. The van der Waals surface area contributed by atoms with Crippen molar-refractivity contribution in [1.82, 2.24) is 0 Å². The predicted molar refractivity (Wildman–Crippen MR) is 56.8 cm³/mol. The molecule has 0 aliphatic rings. The highest BCUT2D eigenvalue weighted by Crippen LogP contribution is 2.20. The quantitative estimate of drug-likeness (QED) is 0.726. The zero-order valence-corrected chi connectivity index (χ0v) is 8.71. The first kappa shape index (κ1) is 10.6. The van der Waals surface area contributed by atoms with E-state index in [1.807, 2.05) is 30.5 Å². The molecule has 2 nitrogen and oxygen atoms in total. The van der Waals surface area contributed by atoms with E-state index in [2.05, 4.69) is 0 Å². The summed E-state index contributed by atoms with van der Waals surface area (Å²) in [4.78, 5) is 1.17. The van der Waals surface area contributed by atoms with Gasteiger partial charge in [0, 0.05) is 4.90 Å². The lowest BCUT2D eigenvalue weighted by atomic mass is 10.0. The van der Waals surface area contributed by atoms with Gasteiger partial charge in [-0.2, -0.15) is 0 Å². The molecule has 0 saturated carbocycles. The van der Waals surface area contributed by atoms with Crippen LogP contribution in [-0.4, -0.2) is 17.5 Å². The fraction of sp³-hybridized carbons (Fsp3) is 0.400. The van der Waals surface area contributed by atoms with Gasteiger partial charge in [-0.3, -0.25) is 0 Å². The van der Waals surface area contributed by atoms with E-state index < -0.39 is 6.10 Å². The summed E-state index contributed by atoms with van der Waals surface area (Å²) < 4.78 is 0. The van der Waals surface area contributed by atoms with Gasteiger partial charge < -0.3 is 10.8 Å². The standard InChI is InChI=1S/C10H15NOS/c1-7(12)10(11)8-4-3-5-9(6-8)13-2/h3-7,10,12H,11H2,1-2H3/t7-,10+/m1/s1. The molecule has 13 heavy (non-hydrogen) atoms. The van der Waals surface area contributed by atoms with E-state index in [9.17, 15) is 5.11 Å². The Labute approximate surface area is 83.1 Å². The van der Waals surface area contributed by atoms with Gasteiger partial charge in [-0.1, -0.05) is 12.1 Å². The monoisotopic (exact) mass is 197 g/mol. The van der Waals surface area contributed by atoms with Gasteiger partial charge in [0.15, 0.2) is 0 Å². The average molecular weight is 197 g/mol. The number of aliphatic hydroxyl groups excluding tert-OH is 1. The van der Waals surface area contributed by atoms with Crippen LogP contribution >= 0.6 is 11.8 Å². The number of thioether (sulfide) groups is 1. The molecule has 0 bridgehead atoms. The Morgan fingerprint density at radius 2 is 2.15 bits per heavy atom. The largest absolute Gasteiger partial charge is 0.391 e. The normalized spacial score (nSPS) is 15.4. The summed E-state index contributed by atoms with van der Waals surface area (Å²) >= 11 is 1.67. The molecule has 0 saturated heterocycles. The Morgan fingerprint density at radius 3 is 2.69 bits per heavy atom. The molecule has 0 aliphatic carbocycles. The number of nitrogens with two attached hydrogens (primary N) is 1. The molecule has 0 fully saturated rings. The SMILES string of the molecule is CSc1cccc([C@@H](N)[C@@H](C)O)c1. The third kappa shape index (κ3) is 2.72. The Bertz CT molecular complexity index is 275. The number of hydrogen-bond donors (Lipinski definition) is 2. The van der Waals surface area contributed by atoms with Crippen molar-refractivity contribution in [2.24, 2.45) is 5.73 Å². The highest BCUT2D eigenvalue weighted by Gasteiger charge is 2.11. The summed E-state index contributed by atoms with van der Waals surface area (Å²) in [5, 5.41) is 9.31. The molecule has 0 amide bonds. The average Bonchev–Trinajstić information content (AvgIpc) is 2.16. The highest BCUT2D eigenvalue weighted by atomic mass is 32.2. The fourth-order valence-corrected chi connectivity index (χ4v) is 1.60. The summed E-state index contributed by atoms with van der Waals surface area (Å²) in [6, 6.07) is 7.66. The minimum Gasteiger partial charge on any atom is -0.391 e. The fourth-order valence-electron chi connectivity index (χ4n) is 1.13. The molecular weight excluding hydrogens is 182 g/mol. The van der Waals surface area contributed by atoms with Crippen LogP contribution in [0, 0.1) is 0 Å². The van der Waals surface area contributed by atoms with E-state index in [0.717, 1.165) is 5.56 Å². The third-order valence-corrected chi connectivity index (χ3v) is 2.72. The van der Waals surface area contributed by atoms with Crippen LogP contribution in [0.2, 0.25) is 0 Å². The van der Waals surface area contributed by atoms with Crippen LogP contribution in [0.15, 0.2) is 29.2 Å². The Balaban J connectivity index is 2.88.